The molecule has 7 atom stereocenters. The smallest absolute Gasteiger partial charge is 0.394 e. The van der Waals surface area contributed by atoms with Gasteiger partial charge in [0.25, 0.3) is 5.91 Å². The van der Waals surface area contributed by atoms with E-state index in [2.05, 4.69) is 42.2 Å². The number of carbonyl (C=O) groups is 7. The molecule has 58 heavy (non-hydrogen) atoms. The predicted octanol–water partition coefficient (Wildman–Crippen LogP) is -10.2. The Kier molecular flexibility index (Phi) is 22.8. The second-order valence-electron chi connectivity index (χ2n) is 11.6. The van der Waals surface area contributed by atoms with Crippen LogP contribution >= 0.6 is 0 Å². The predicted molar refractivity (Wildman–Crippen MR) is 192 cm³/mol. The van der Waals surface area contributed by atoms with Crippen LogP contribution in [0.3, 0.4) is 0 Å². The van der Waals surface area contributed by atoms with Crippen LogP contribution in [0.15, 0.2) is 16.9 Å². The number of guanidine groups is 1. The normalized spacial score (nSPS) is 24.8. The summed E-state index contributed by atoms with van der Waals surface area (Å²) >= 11 is 0. The second kappa shape index (κ2) is 25.1. The molecule has 0 saturated carbocycles. The number of carbonyl (C=O) groups excluding carboxylic acids is 7. The standard InChI is InChI=1S/C25H43N13O10.2H2O4S/c26-3-1-2-10(27)4-16(41)32-12-6-30-23(47)18(11-5-17(42)37-24(28)36-11)38-20(44)13(7-31-25(29)48)33-21(45)14(8-39)35-22(46)15(9-40)34-19(12)43;2*1-5(2,3)4/h7,10-12,14-15,17-18,39-40,42H,1-6,8-9,26-27H2,(H,30,47)(H,32,41)(H,33,45)(H,34,43)(H,35,46)(H,38,44)(H3,28,36,37)(H3,29,31,48);2*(H2,1,2,3,4)/b13-7-;;/t10-,11+,12-,14-,15-,17-,18-;;/m0../s1. The molecule has 0 radical (unpaired) electrons. The Labute approximate surface area is 328 Å². The maximum atomic E-state index is 13.6. The number of amides is 8. The van der Waals surface area contributed by atoms with Crippen LogP contribution in [0.2, 0.25) is 0 Å². The molecule has 0 aromatic carbocycles. The quantitative estimate of drug-likeness (QED) is 0.0715. The minimum atomic E-state index is -4.67. The van der Waals surface area contributed by atoms with Crippen molar-refractivity contribution >= 4 is 68.2 Å². The molecular weight excluding hydrogens is 834 g/mol. The zero-order chi connectivity index (χ0) is 45.0. The van der Waals surface area contributed by atoms with Crippen molar-refractivity contribution in [2.45, 2.75) is 68.2 Å². The average Bonchev–Trinajstić information content (AvgIpc) is 3.08. The van der Waals surface area contributed by atoms with Crippen LogP contribution < -0.4 is 65.5 Å². The van der Waals surface area contributed by atoms with E-state index in [4.69, 9.17) is 58.0 Å². The fraction of sp³-hybridized carbons (Fsp3) is 0.600. The molecule has 0 unspecified atom stereocenters. The Balaban J connectivity index is 0.00000288. The molecule has 8 amide bonds. The van der Waals surface area contributed by atoms with Gasteiger partial charge in [0.2, 0.25) is 29.5 Å². The van der Waals surface area contributed by atoms with E-state index in [-0.39, 0.29) is 18.8 Å². The zero-order valence-electron chi connectivity index (χ0n) is 30.0. The van der Waals surface area contributed by atoms with Crippen LogP contribution in [-0.2, 0) is 49.6 Å². The maximum Gasteiger partial charge on any atom is 0.394 e. The van der Waals surface area contributed by atoms with E-state index < -0.39 is 130 Å². The number of nitrogens with zero attached hydrogens (tertiary/aromatic N) is 1. The zero-order valence-corrected chi connectivity index (χ0v) is 31.6. The van der Waals surface area contributed by atoms with E-state index in [1.54, 1.807) is 0 Å². The third-order valence-electron chi connectivity index (χ3n) is 6.91. The summed E-state index contributed by atoms with van der Waals surface area (Å²) in [5.74, 6) is -6.65. The number of nitrogens with two attached hydrogens (primary N) is 4. The molecule has 2 aliphatic heterocycles. The van der Waals surface area contributed by atoms with Gasteiger partial charge in [-0.1, -0.05) is 0 Å². The lowest BCUT2D eigenvalue weighted by Gasteiger charge is -2.33. The lowest BCUT2D eigenvalue weighted by atomic mass is 10.0. The molecule has 0 aromatic heterocycles. The summed E-state index contributed by atoms with van der Waals surface area (Å²) in [6.45, 7) is -2.36. The molecule has 0 spiro atoms. The van der Waals surface area contributed by atoms with Crippen molar-refractivity contribution in [3.63, 3.8) is 0 Å². The summed E-state index contributed by atoms with van der Waals surface area (Å²) in [6.07, 6.45) is -0.339. The molecule has 2 heterocycles. The fourth-order valence-corrected chi connectivity index (χ4v) is 4.46. The van der Waals surface area contributed by atoms with Crippen molar-refractivity contribution in [2.24, 2.45) is 27.9 Å². The van der Waals surface area contributed by atoms with Crippen LogP contribution in [0.5, 0.6) is 0 Å². The number of aliphatic imine (C=N–C) groups is 1. The Morgan fingerprint density at radius 2 is 1.41 bits per heavy atom. The number of hydrogen-bond acceptors (Lipinski definition) is 19. The number of primary amides is 1. The van der Waals surface area contributed by atoms with Gasteiger partial charge in [-0.05, 0) is 19.4 Å². The largest absolute Gasteiger partial charge is 0.394 e. The Hall–Kier alpha value is -5.36. The number of urea groups is 1. The van der Waals surface area contributed by atoms with Crippen LogP contribution in [0.25, 0.3) is 0 Å². The number of rotatable bonds is 10. The number of aliphatic hydroxyl groups excluding tert-OH is 3. The van der Waals surface area contributed by atoms with E-state index in [1.165, 1.54) is 0 Å². The highest BCUT2D eigenvalue weighted by Crippen LogP contribution is 2.11. The molecule has 0 aliphatic carbocycles. The first kappa shape index (κ1) is 52.6. The minimum absolute atomic E-state index is 0.245. The summed E-state index contributed by atoms with van der Waals surface area (Å²) < 4.78 is 63.2. The lowest BCUT2D eigenvalue weighted by Crippen LogP contribution is -2.64. The molecule has 2 rings (SSSR count). The molecule has 1 fully saturated rings. The van der Waals surface area contributed by atoms with Gasteiger partial charge in [0.1, 0.15) is 29.9 Å². The summed E-state index contributed by atoms with van der Waals surface area (Å²) in [5.41, 5.74) is 21.5. The first-order valence-electron chi connectivity index (χ1n) is 16.1. The molecule has 2 aliphatic rings. The van der Waals surface area contributed by atoms with Crippen molar-refractivity contribution in [1.82, 2.24) is 42.5 Å². The Morgan fingerprint density at radius 3 is 1.91 bits per heavy atom. The van der Waals surface area contributed by atoms with Gasteiger partial charge in [0, 0.05) is 31.6 Å². The highest BCUT2D eigenvalue weighted by Gasteiger charge is 2.37. The van der Waals surface area contributed by atoms with Gasteiger partial charge < -0.3 is 80.8 Å². The number of hydrogen-bond donors (Lipinski definition) is 19. The molecule has 0 aromatic rings. The lowest BCUT2D eigenvalue weighted by molar-refractivity contribution is -0.135. The molecule has 332 valence electrons. The van der Waals surface area contributed by atoms with Crippen molar-refractivity contribution in [3.8, 4) is 0 Å². The monoisotopic (exact) mass is 881 g/mol. The summed E-state index contributed by atoms with van der Waals surface area (Å²) in [7, 11) is -9.33. The highest BCUT2D eigenvalue weighted by atomic mass is 32.3. The van der Waals surface area contributed by atoms with Crippen LogP contribution in [0.4, 0.5) is 4.79 Å². The Morgan fingerprint density at radius 1 is 0.879 bits per heavy atom. The third kappa shape index (κ3) is 23.6. The summed E-state index contributed by atoms with van der Waals surface area (Å²) in [5, 5.41) is 47.9. The maximum absolute atomic E-state index is 13.6. The number of nitrogens with one attached hydrogen (secondary N) is 8. The second-order valence-corrected chi connectivity index (χ2v) is 13.4. The van der Waals surface area contributed by atoms with Crippen LogP contribution in [0.1, 0.15) is 25.7 Å². The van der Waals surface area contributed by atoms with Crippen molar-refractivity contribution in [3.05, 3.63) is 11.9 Å². The molecule has 33 heteroatoms. The SMILES string of the molecule is NCCC[C@H](N)CC(=O)N[C@H]1CNC(=O)[C@H]([C@H]2C[C@H](O)N=C(N)N2)NC(=O)/C(=C/NC(N)=O)NC(=O)[C@H](CO)NC(=O)[C@H](CO)NC1=O.O=S(=O)(O)O.O=S(=O)(O)O. The van der Waals surface area contributed by atoms with Crippen LogP contribution in [0, 0.1) is 0 Å². The summed E-state index contributed by atoms with van der Waals surface area (Å²) in [6, 6.07) is -9.66. The van der Waals surface area contributed by atoms with E-state index in [0.29, 0.717) is 25.6 Å². The first-order valence-corrected chi connectivity index (χ1v) is 18.9. The highest BCUT2D eigenvalue weighted by molar-refractivity contribution is 7.80. The summed E-state index contributed by atoms with van der Waals surface area (Å²) in [4.78, 5) is 94.0. The minimum Gasteiger partial charge on any atom is -0.394 e. The molecular formula is C25H47N13O18S2. The molecule has 1 saturated heterocycles. The van der Waals surface area contributed by atoms with Gasteiger partial charge in [0.15, 0.2) is 12.2 Å². The van der Waals surface area contributed by atoms with E-state index in [9.17, 15) is 48.9 Å². The molecule has 0 bridgehead atoms. The molecule has 23 N–H and O–H groups in total. The van der Waals surface area contributed by atoms with Gasteiger partial charge >= 0.3 is 26.8 Å². The average molecular weight is 882 g/mol. The van der Waals surface area contributed by atoms with E-state index in [1.807, 2.05) is 5.32 Å². The number of aliphatic hydroxyl groups is 3. The van der Waals surface area contributed by atoms with Gasteiger partial charge in [-0.3, -0.25) is 47.0 Å². The van der Waals surface area contributed by atoms with Gasteiger partial charge in [-0.15, -0.1) is 0 Å². The van der Waals surface area contributed by atoms with Gasteiger partial charge in [0.05, 0.1) is 19.3 Å². The topological polar surface area (TPSA) is 542 Å². The van der Waals surface area contributed by atoms with Crippen molar-refractivity contribution in [1.29, 1.82) is 0 Å². The van der Waals surface area contributed by atoms with Gasteiger partial charge in [-0.2, -0.15) is 16.8 Å². The Bertz CT molecular complexity index is 1700. The third-order valence-corrected chi connectivity index (χ3v) is 6.91. The van der Waals surface area contributed by atoms with E-state index >= 15 is 0 Å². The van der Waals surface area contributed by atoms with Crippen LogP contribution in [-0.4, -0.2) is 167 Å². The van der Waals surface area contributed by atoms with E-state index in [0.717, 1.165) is 0 Å². The fourth-order valence-electron chi connectivity index (χ4n) is 4.46. The van der Waals surface area contributed by atoms with Gasteiger partial charge in [-0.25, -0.2) is 9.79 Å². The molecule has 31 nitrogen and oxygen atoms in total. The van der Waals surface area contributed by atoms with Crippen molar-refractivity contribution in [2.75, 3.05) is 26.3 Å². The van der Waals surface area contributed by atoms with Crippen molar-refractivity contribution < 1.29 is 83.9 Å². The first-order chi connectivity index (χ1) is 26.7.